The highest BCUT2D eigenvalue weighted by Crippen LogP contribution is 2.39. The topological polar surface area (TPSA) is 76.3 Å². The Morgan fingerprint density at radius 1 is 1.27 bits per heavy atom. The van der Waals surface area contributed by atoms with Crippen LogP contribution in [0.25, 0.3) is 10.1 Å². The molecule has 1 aliphatic heterocycles. The summed E-state index contributed by atoms with van der Waals surface area (Å²) in [6.45, 7) is 3.94. The van der Waals surface area contributed by atoms with Crippen LogP contribution in [-0.2, 0) is 6.18 Å². The minimum atomic E-state index is -4.79. The zero-order valence-electron chi connectivity index (χ0n) is 14.0. The van der Waals surface area contributed by atoms with Crippen molar-refractivity contribution in [3.63, 3.8) is 0 Å². The highest BCUT2D eigenvalue weighted by atomic mass is 32.1. The van der Waals surface area contributed by atoms with Gasteiger partial charge in [0.2, 0.25) is 0 Å². The number of rotatable bonds is 2. The Morgan fingerprint density at radius 3 is 2.42 bits per heavy atom. The number of nitro benzene ring substituents is 1. The summed E-state index contributed by atoms with van der Waals surface area (Å²) in [5.74, 6) is 0. The Morgan fingerprint density at radius 2 is 1.88 bits per heavy atom. The number of nitro groups is 1. The van der Waals surface area contributed by atoms with Gasteiger partial charge in [-0.3, -0.25) is 14.9 Å². The molecule has 0 amide bonds. The number of hydrogen-bond acceptors (Lipinski definition) is 6. The van der Waals surface area contributed by atoms with Crippen LogP contribution in [0.15, 0.2) is 16.9 Å². The molecule has 6 nitrogen and oxygen atoms in total. The number of fused-ring (bicyclic) bond motifs is 1. The van der Waals surface area contributed by atoms with Crippen LogP contribution in [0.1, 0.15) is 38.7 Å². The number of piperidine rings is 1. The second-order valence-corrected chi connectivity index (χ2v) is 7.44. The summed E-state index contributed by atoms with van der Waals surface area (Å²) < 4.78 is 39.0. The number of hydrogen-bond donors (Lipinski definition) is 0. The normalized spacial score (nSPS) is 21.2. The smallest absolute Gasteiger partial charge is 0.343 e. The number of non-ortho nitro benzene ring substituents is 1. The summed E-state index contributed by atoms with van der Waals surface area (Å²) in [6, 6.07) is 1.30. The summed E-state index contributed by atoms with van der Waals surface area (Å²) in [5, 5.41) is 11.3. The fourth-order valence-corrected chi connectivity index (χ4v) is 4.62. The first-order valence-corrected chi connectivity index (χ1v) is 8.90. The van der Waals surface area contributed by atoms with Crippen LogP contribution in [0, 0.1) is 10.1 Å². The van der Waals surface area contributed by atoms with Crippen LogP contribution < -0.4 is 10.5 Å². The van der Waals surface area contributed by atoms with Crippen LogP contribution in [0.5, 0.6) is 0 Å². The van der Waals surface area contributed by atoms with E-state index in [0.29, 0.717) is 17.3 Å². The first-order valence-electron chi connectivity index (χ1n) is 8.08. The van der Waals surface area contributed by atoms with Gasteiger partial charge < -0.3 is 4.90 Å². The zero-order valence-corrected chi connectivity index (χ0v) is 14.9. The van der Waals surface area contributed by atoms with Crippen LogP contribution in [0.3, 0.4) is 0 Å². The average molecular weight is 387 g/mol. The molecule has 3 rings (SSSR count). The standard InChI is InChI=1S/C16H16F3N3O3S/c1-8-4-3-5-9(2)21(8)15-20-14(23)11-6-10(16(17,18)19)7-12(22(24)25)13(11)26-15/h6-9H,3-5H2,1-2H3. The van der Waals surface area contributed by atoms with Gasteiger partial charge in [-0.2, -0.15) is 18.2 Å². The Balaban J connectivity index is 2.27. The molecule has 26 heavy (non-hydrogen) atoms. The Hall–Kier alpha value is -2.23. The minimum Gasteiger partial charge on any atom is -0.343 e. The van der Waals surface area contributed by atoms with Crippen LogP contribution in [0.2, 0.25) is 0 Å². The molecule has 2 heterocycles. The van der Waals surface area contributed by atoms with Crippen molar-refractivity contribution >= 4 is 32.2 Å². The second kappa shape index (κ2) is 6.49. The molecule has 1 aromatic carbocycles. The summed E-state index contributed by atoms with van der Waals surface area (Å²) in [6.07, 6.45) is -1.98. The van der Waals surface area contributed by atoms with Gasteiger partial charge in [0, 0.05) is 18.2 Å². The molecule has 0 aliphatic carbocycles. The summed E-state index contributed by atoms with van der Waals surface area (Å²) in [5.41, 5.74) is -2.83. The molecular formula is C16H16F3N3O3S. The average Bonchev–Trinajstić information content (AvgIpc) is 2.52. The third kappa shape index (κ3) is 3.25. The molecule has 2 atom stereocenters. The SMILES string of the molecule is CC1CCCC(C)N1c1nc(=O)c2cc(C(F)(F)F)cc([N+](=O)[O-])c2s1. The lowest BCUT2D eigenvalue weighted by Crippen LogP contribution is -2.44. The molecule has 2 aromatic rings. The third-order valence-electron chi connectivity index (χ3n) is 4.63. The predicted octanol–water partition coefficient (Wildman–Crippen LogP) is 4.35. The Bertz CT molecular complexity index is 919. The monoisotopic (exact) mass is 387 g/mol. The van der Waals surface area contributed by atoms with Crippen LogP contribution in [-0.4, -0.2) is 22.0 Å². The maximum atomic E-state index is 13.0. The largest absolute Gasteiger partial charge is 0.416 e. The molecule has 0 saturated carbocycles. The van der Waals surface area contributed by atoms with Gasteiger partial charge in [0.1, 0.15) is 4.70 Å². The fourth-order valence-electron chi connectivity index (χ4n) is 3.35. The Kier molecular flexibility index (Phi) is 4.63. The molecule has 1 fully saturated rings. The van der Waals surface area contributed by atoms with Gasteiger partial charge in [-0.15, -0.1) is 0 Å². The van der Waals surface area contributed by atoms with Crippen molar-refractivity contribution in [2.75, 3.05) is 4.90 Å². The van der Waals surface area contributed by atoms with E-state index in [9.17, 15) is 28.1 Å². The van der Waals surface area contributed by atoms with Gasteiger partial charge in [0.25, 0.3) is 11.2 Å². The second-order valence-electron chi connectivity index (χ2n) is 6.46. The van der Waals surface area contributed by atoms with E-state index in [1.54, 1.807) is 0 Å². The van der Waals surface area contributed by atoms with E-state index in [0.717, 1.165) is 30.6 Å². The molecule has 0 N–H and O–H groups in total. The van der Waals surface area contributed by atoms with Gasteiger partial charge in [0.05, 0.1) is 15.9 Å². The number of nitrogens with zero attached hydrogens (tertiary/aromatic N) is 3. The summed E-state index contributed by atoms with van der Waals surface area (Å²) >= 11 is 0.895. The quantitative estimate of drug-likeness (QED) is 0.566. The maximum Gasteiger partial charge on any atom is 0.416 e. The van der Waals surface area contributed by atoms with Crippen molar-refractivity contribution in [3.05, 3.63) is 38.2 Å². The van der Waals surface area contributed by atoms with E-state index in [1.165, 1.54) is 0 Å². The van der Waals surface area contributed by atoms with E-state index in [1.807, 2.05) is 18.7 Å². The first-order chi connectivity index (χ1) is 12.1. The zero-order chi connectivity index (χ0) is 19.2. The molecule has 0 bridgehead atoms. The molecule has 1 aliphatic rings. The molecule has 140 valence electrons. The highest BCUT2D eigenvalue weighted by molar-refractivity contribution is 7.22. The van der Waals surface area contributed by atoms with Gasteiger partial charge in [-0.1, -0.05) is 11.3 Å². The van der Waals surface area contributed by atoms with Crippen LogP contribution >= 0.6 is 11.3 Å². The minimum absolute atomic E-state index is 0.0806. The molecule has 0 spiro atoms. The molecular weight excluding hydrogens is 371 g/mol. The third-order valence-corrected chi connectivity index (χ3v) is 5.75. The van der Waals surface area contributed by atoms with Crippen molar-refractivity contribution in [3.8, 4) is 0 Å². The van der Waals surface area contributed by atoms with E-state index >= 15 is 0 Å². The molecule has 1 saturated heterocycles. The van der Waals surface area contributed by atoms with Crippen molar-refractivity contribution < 1.29 is 18.1 Å². The summed E-state index contributed by atoms with van der Waals surface area (Å²) in [4.78, 5) is 28.7. The number of aromatic nitrogens is 1. The van der Waals surface area contributed by atoms with Gasteiger partial charge in [-0.25, -0.2) is 0 Å². The van der Waals surface area contributed by atoms with E-state index in [2.05, 4.69) is 4.98 Å². The predicted molar refractivity (Wildman–Crippen MR) is 92.8 cm³/mol. The molecule has 10 heteroatoms. The van der Waals surface area contributed by atoms with Gasteiger partial charge >= 0.3 is 6.18 Å². The van der Waals surface area contributed by atoms with E-state index in [-0.39, 0.29) is 22.2 Å². The van der Waals surface area contributed by atoms with Gasteiger partial charge in [0.15, 0.2) is 5.13 Å². The summed E-state index contributed by atoms with van der Waals surface area (Å²) in [7, 11) is 0. The van der Waals surface area contributed by atoms with Crippen molar-refractivity contribution in [2.24, 2.45) is 0 Å². The maximum absolute atomic E-state index is 13.0. The van der Waals surface area contributed by atoms with E-state index < -0.39 is 27.9 Å². The van der Waals surface area contributed by atoms with Crippen molar-refractivity contribution in [1.82, 2.24) is 4.98 Å². The number of alkyl halides is 3. The van der Waals surface area contributed by atoms with Gasteiger partial charge in [-0.05, 0) is 39.2 Å². The number of benzene rings is 1. The van der Waals surface area contributed by atoms with Crippen molar-refractivity contribution in [1.29, 1.82) is 0 Å². The van der Waals surface area contributed by atoms with Crippen molar-refractivity contribution in [2.45, 2.75) is 51.4 Å². The molecule has 1 aromatic heterocycles. The number of anilines is 1. The first kappa shape index (κ1) is 18.6. The number of halogens is 3. The lowest BCUT2D eigenvalue weighted by atomic mass is 9.98. The lowest BCUT2D eigenvalue weighted by Gasteiger charge is -2.39. The molecule has 0 radical (unpaired) electrons. The lowest BCUT2D eigenvalue weighted by molar-refractivity contribution is -0.383. The van der Waals surface area contributed by atoms with E-state index in [4.69, 9.17) is 0 Å². The van der Waals surface area contributed by atoms with Crippen LogP contribution in [0.4, 0.5) is 24.0 Å². The fraction of sp³-hybridized carbons (Fsp3) is 0.500. The Labute approximate surface area is 150 Å². The molecule has 2 unspecified atom stereocenters. The highest BCUT2D eigenvalue weighted by Gasteiger charge is 2.35.